The van der Waals surface area contributed by atoms with E-state index in [9.17, 15) is 28.0 Å². The Morgan fingerprint density at radius 1 is 1.29 bits per heavy atom. The Hall–Kier alpha value is -2.37. The number of anilines is 1. The van der Waals surface area contributed by atoms with Crippen LogP contribution in [0.1, 0.15) is 32.3 Å². The fraction of sp³-hybridized carbons (Fsp3) is 0.529. The normalized spacial score (nSPS) is 12.6. The van der Waals surface area contributed by atoms with Gasteiger partial charge in [0.25, 0.3) is 5.91 Å². The first-order valence-corrected chi connectivity index (χ1v) is 8.61. The molecule has 1 aromatic carbocycles. The first kappa shape index (κ1) is 23.7. The molecule has 0 aromatic heterocycles. The van der Waals surface area contributed by atoms with Crippen LogP contribution in [-0.2, 0) is 20.5 Å². The zero-order chi connectivity index (χ0) is 21.3. The van der Waals surface area contributed by atoms with Gasteiger partial charge in [0.2, 0.25) is 0 Å². The fourth-order valence-corrected chi connectivity index (χ4v) is 2.13. The Labute approximate surface area is 160 Å². The molecule has 0 bridgehead atoms. The standard InChI is InChI=1S/C17H24F3N3O5/c1-11(2)3-6-16(25)28-10-15(24)22-8-7-21-13-5-4-12(17(18,19)20)9-14(13)23(26)27/h4-5,9,11,21,23,26H,3,6-8,10H2,1-2H3,(H,22,24). The van der Waals surface area contributed by atoms with Gasteiger partial charge in [-0.3, -0.25) is 9.59 Å². The molecule has 0 aliphatic rings. The van der Waals surface area contributed by atoms with E-state index in [0.717, 1.165) is 12.1 Å². The van der Waals surface area contributed by atoms with Gasteiger partial charge in [-0.25, -0.2) is 5.21 Å². The van der Waals surface area contributed by atoms with E-state index in [1.807, 2.05) is 13.8 Å². The minimum Gasteiger partial charge on any atom is -0.595 e. The Balaban J connectivity index is 2.43. The molecular formula is C17H24F3N3O5. The molecule has 0 saturated carbocycles. The van der Waals surface area contributed by atoms with Gasteiger partial charge in [0.1, 0.15) is 0 Å². The molecule has 4 N–H and O–H groups in total. The molecule has 11 heteroatoms. The number of nitrogens with one attached hydrogen (secondary N) is 3. The molecule has 0 aliphatic carbocycles. The molecule has 1 aromatic rings. The van der Waals surface area contributed by atoms with E-state index in [1.165, 1.54) is 0 Å². The minimum absolute atomic E-state index is 0.00476. The molecule has 158 valence electrons. The average Bonchev–Trinajstić information content (AvgIpc) is 2.60. The summed E-state index contributed by atoms with van der Waals surface area (Å²) in [6.45, 7) is 3.61. The predicted octanol–water partition coefficient (Wildman–Crippen LogP) is 1.62. The maximum absolute atomic E-state index is 12.7. The molecule has 0 saturated heterocycles. The molecule has 0 heterocycles. The van der Waals surface area contributed by atoms with Crippen molar-refractivity contribution in [2.45, 2.75) is 32.9 Å². The molecule has 8 nitrogen and oxygen atoms in total. The van der Waals surface area contributed by atoms with Gasteiger partial charge in [0.15, 0.2) is 12.3 Å². The highest BCUT2D eigenvalue weighted by molar-refractivity contribution is 5.80. The Morgan fingerprint density at radius 3 is 2.54 bits per heavy atom. The number of quaternary nitrogens is 1. The number of rotatable bonds is 10. The van der Waals surface area contributed by atoms with Crippen LogP contribution in [0.4, 0.5) is 24.5 Å². The lowest BCUT2D eigenvalue weighted by Crippen LogP contribution is -2.99. The summed E-state index contributed by atoms with van der Waals surface area (Å²) >= 11 is 0. The Bertz CT molecular complexity index is 666. The SMILES string of the molecule is CC(C)CCC(=O)OCC(=O)NCCNc1ccc(C(F)(F)F)cc1[NH+]([O-])O. The van der Waals surface area contributed by atoms with Crippen molar-refractivity contribution in [3.63, 3.8) is 0 Å². The predicted molar refractivity (Wildman–Crippen MR) is 93.8 cm³/mol. The summed E-state index contributed by atoms with van der Waals surface area (Å²) in [5.41, 5.74) is -1.60. The van der Waals surface area contributed by atoms with Crippen LogP contribution in [0, 0.1) is 11.1 Å². The minimum atomic E-state index is -4.65. The van der Waals surface area contributed by atoms with E-state index in [4.69, 9.17) is 9.94 Å². The molecule has 0 radical (unpaired) electrons. The second kappa shape index (κ2) is 10.8. The summed E-state index contributed by atoms with van der Waals surface area (Å²) in [4.78, 5) is 23.0. The Morgan fingerprint density at radius 2 is 1.96 bits per heavy atom. The zero-order valence-electron chi connectivity index (χ0n) is 15.6. The second-order valence-electron chi connectivity index (χ2n) is 6.43. The van der Waals surface area contributed by atoms with Crippen molar-refractivity contribution in [1.29, 1.82) is 0 Å². The van der Waals surface area contributed by atoms with E-state index in [0.29, 0.717) is 18.4 Å². The van der Waals surface area contributed by atoms with Crippen molar-refractivity contribution in [2.75, 3.05) is 25.0 Å². The van der Waals surface area contributed by atoms with E-state index in [1.54, 1.807) is 0 Å². The number of carbonyl (C=O) groups excluding carboxylic acids is 2. The van der Waals surface area contributed by atoms with E-state index < -0.39 is 41.1 Å². The zero-order valence-corrected chi connectivity index (χ0v) is 15.6. The number of ether oxygens (including phenoxy) is 1. The molecule has 0 fully saturated rings. The third-order valence-corrected chi connectivity index (χ3v) is 3.63. The molecule has 1 atom stereocenters. The van der Waals surface area contributed by atoms with Crippen LogP contribution >= 0.6 is 0 Å². The van der Waals surface area contributed by atoms with Crippen LogP contribution in [0.5, 0.6) is 0 Å². The Kier molecular flexibility index (Phi) is 9.16. The third-order valence-electron chi connectivity index (χ3n) is 3.63. The number of halogens is 3. The highest BCUT2D eigenvalue weighted by Gasteiger charge is 2.32. The number of hydrogen-bond donors (Lipinski definition) is 4. The monoisotopic (exact) mass is 407 g/mol. The third kappa shape index (κ3) is 8.55. The van der Waals surface area contributed by atoms with Crippen LogP contribution < -0.4 is 15.9 Å². The van der Waals surface area contributed by atoms with Crippen molar-refractivity contribution < 1.29 is 37.9 Å². The van der Waals surface area contributed by atoms with Crippen molar-refractivity contribution in [3.05, 3.63) is 29.0 Å². The second-order valence-corrected chi connectivity index (χ2v) is 6.43. The number of carbonyl (C=O) groups is 2. The average molecular weight is 407 g/mol. The number of alkyl halides is 3. The summed E-state index contributed by atoms with van der Waals surface area (Å²) in [6, 6.07) is 2.33. The van der Waals surface area contributed by atoms with Gasteiger partial charge in [-0.15, -0.1) is 0 Å². The summed E-state index contributed by atoms with van der Waals surface area (Å²) in [7, 11) is 0. The first-order chi connectivity index (χ1) is 13.0. The lowest BCUT2D eigenvalue weighted by atomic mass is 10.1. The summed E-state index contributed by atoms with van der Waals surface area (Å²) in [5, 5.41) is 23.8. The molecule has 0 aliphatic heterocycles. The molecule has 1 unspecified atom stereocenters. The summed E-state index contributed by atoms with van der Waals surface area (Å²) < 4.78 is 42.8. The topological polar surface area (TPSA) is 115 Å². The first-order valence-electron chi connectivity index (χ1n) is 8.61. The van der Waals surface area contributed by atoms with Gasteiger partial charge in [-0.1, -0.05) is 13.8 Å². The van der Waals surface area contributed by atoms with Gasteiger partial charge in [-0.05, 0) is 24.5 Å². The maximum Gasteiger partial charge on any atom is 0.416 e. The lowest BCUT2D eigenvalue weighted by Gasteiger charge is -2.18. The molecule has 1 rings (SSSR count). The fourth-order valence-electron chi connectivity index (χ4n) is 2.13. The largest absolute Gasteiger partial charge is 0.595 e. The van der Waals surface area contributed by atoms with Crippen LogP contribution in [0.15, 0.2) is 18.2 Å². The van der Waals surface area contributed by atoms with Crippen molar-refractivity contribution in [1.82, 2.24) is 5.32 Å². The van der Waals surface area contributed by atoms with E-state index >= 15 is 0 Å². The summed E-state index contributed by atoms with van der Waals surface area (Å²) in [5.74, 6) is -0.670. The van der Waals surface area contributed by atoms with Crippen molar-refractivity contribution in [3.8, 4) is 0 Å². The van der Waals surface area contributed by atoms with E-state index in [-0.39, 0.29) is 25.2 Å². The van der Waals surface area contributed by atoms with E-state index in [2.05, 4.69) is 10.6 Å². The van der Waals surface area contributed by atoms with Crippen LogP contribution in [0.2, 0.25) is 0 Å². The van der Waals surface area contributed by atoms with Crippen molar-refractivity contribution in [2.24, 2.45) is 5.92 Å². The number of benzene rings is 1. The van der Waals surface area contributed by atoms with Crippen LogP contribution in [0.3, 0.4) is 0 Å². The van der Waals surface area contributed by atoms with Crippen LogP contribution in [-0.4, -0.2) is 36.8 Å². The molecular weight excluding hydrogens is 383 g/mol. The van der Waals surface area contributed by atoms with Crippen molar-refractivity contribution >= 4 is 23.3 Å². The van der Waals surface area contributed by atoms with Gasteiger partial charge >= 0.3 is 12.1 Å². The van der Waals surface area contributed by atoms with Crippen LogP contribution in [0.25, 0.3) is 0 Å². The molecule has 28 heavy (non-hydrogen) atoms. The van der Waals surface area contributed by atoms with Gasteiger partial charge in [0.05, 0.1) is 11.3 Å². The van der Waals surface area contributed by atoms with Gasteiger partial charge in [-0.2, -0.15) is 18.4 Å². The number of hydrogen-bond acceptors (Lipinski definition) is 6. The lowest BCUT2D eigenvalue weighted by molar-refractivity contribution is -0.990. The summed E-state index contributed by atoms with van der Waals surface area (Å²) in [6.07, 6.45) is -3.77. The highest BCUT2D eigenvalue weighted by Crippen LogP contribution is 2.32. The molecule has 0 spiro atoms. The quantitative estimate of drug-likeness (QED) is 0.266. The number of esters is 1. The highest BCUT2D eigenvalue weighted by atomic mass is 19.4. The smallest absolute Gasteiger partial charge is 0.416 e. The van der Waals surface area contributed by atoms with Gasteiger partial charge in [0, 0.05) is 25.6 Å². The molecule has 1 amide bonds. The number of amides is 1. The van der Waals surface area contributed by atoms with Gasteiger partial charge < -0.3 is 20.6 Å². The maximum atomic E-state index is 12.7.